The summed E-state index contributed by atoms with van der Waals surface area (Å²) in [4.78, 5) is 50.8. The molecule has 0 spiro atoms. The van der Waals surface area contributed by atoms with Crippen LogP contribution in [-0.4, -0.2) is 76.3 Å². The number of hydrogen-bond acceptors (Lipinski definition) is 7. The summed E-state index contributed by atoms with van der Waals surface area (Å²) >= 11 is 0. The van der Waals surface area contributed by atoms with E-state index < -0.39 is 12.1 Å². The Balaban J connectivity index is 1.31. The van der Waals surface area contributed by atoms with Crippen molar-refractivity contribution in [1.82, 2.24) is 50.0 Å². The van der Waals surface area contributed by atoms with Crippen molar-refractivity contribution in [3.05, 3.63) is 59.3 Å². The lowest BCUT2D eigenvalue weighted by atomic mass is 10.0. The average molecular weight is 615 g/mol. The zero-order chi connectivity index (χ0) is 31.5. The van der Waals surface area contributed by atoms with Crippen LogP contribution < -0.4 is 10.6 Å². The number of aryl methyl sites for hydroxylation is 2. The monoisotopic (exact) mass is 614 g/mol. The quantitative estimate of drug-likeness (QED) is 0.312. The molecule has 1 aromatic carbocycles. The molecule has 0 fully saturated rings. The van der Waals surface area contributed by atoms with Gasteiger partial charge < -0.3 is 25.1 Å². The van der Waals surface area contributed by atoms with Crippen molar-refractivity contribution in [1.29, 1.82) is 0 Å². The first-order valence-corrected chi connectivity index (χ1v) is 16.0. The van der Waals surface area contributed by atoms with E-state index in [1.807, 2.05) is 42.0 Å². The molecule has 13 heteroatoms. The molecular formula is C32H42N10O3. The maximum Gasteiger partial charge on any atom is 0.291 e. The van der Waals surface area contributed by atoms with Crippen molar-refractivity contribution < 1.29 is 14.4 Å². The first-order chi connectivity index (χ1) is 21.8. The van der Waals surface area contributed by atoms with Crippen LogP contribution in [0.15, 0.2) is 30.5 Å². The number of fused-ring (bicyclic) bond motifs is 3. The molecule has 2 aliphatic rings. The van der Waals surface area contributed by atoms with Gasteiger partial charge in [0.1, 0.15) is 23.5 Å². The van der Waals surface area contributed by atoms with Crippen molar-refractivity contribution in [2.75, 3.05) is 13.1 Å². The van der Waals surface area contributed by atoms with Crippen LogP contribution in [0.25, 0.3) is 10.9 Å². The molecule has 4 aromatic rings. The van der Waals surface area contributed by atoms with E-state index in [1.54, 1.807) is 9.58 Å². The fourth-order valence-electron chi connectivity index (χ4n) is 6.43. The van der Waals surface area contributed by atoms with Crippen molar-refractivity contribution in [3.63, 3.8) is 0 Å². The van der Waals surface area contributed by atoms with Crippen molar-refractivity contribution in [3.8, 4) is 0 Å². The summed E-state index contributed by atoms with van der Waals surface area (Å²) in [6.07, 6.45) is 6.28. The Kier molecular flexibility index (Phi) is 8.95. The normalized spacial score (nSPS) is 20.0. The zero-order valence-electron chi connectivity index (χ0n) is 26.3. The predicted molar refractivity (Wildman–Crippen MR) is 167 cm³/mol. The molecular weight excluding hydrogens is 572 g/mol. The zero-order valence-corrected chi connectivity index (χ0v) is 26.3. The molecule has 3 aromatic heterocycles. The maximum atomic E-state index is 13.9. The van der Waals surface area contributed by atoms with Crippen LogP contribution in [0.2, 0.25) is 0 Å². The summed E-state index contributed by atoms with van der Waals surface area (Å²) in [5.74, 6) is 1.95. The molecule has 0 bridgehead atoms. The molecule has 238 valence electrons. The van der Waals surface area contributed by atoms with Gasteiger partial charge in [-0.25, -0.2) is 9.67 Å². The number of carbonyl (C=O) groups is 3. The van der Waals surface area contributed by atoms with Gasteiger partial charge in [0.2, 0.25) is 17.6 Å². The number of para-hydroxylation sites is 1. The van der Waals surface area contributed by atoms with Gasteiger partial charge in [-0.05, 0) is 50.2 Å². The number of hydrogen-bond donors (Lipinski definition) is 3. The van der Waals surface area contributed by atoms with Crippen molar-refractivity contribution in [2.24, 2.45) is 5.92 Å². The molecule has 0 saturated heterocycles. The van der Waals surface area contributed by atoms with Gasteiger partial charge in [0.25, 0.3) is 5.91 Å². The molecule has 13 nitrogen and oxygen atoms in total. The van der Waals surface area contributed by atoms with Gasteiger partial charge >= 0.3 is 0 Å². The Morgan fingerprint density at radius 2 is 1.82 bits per heavy atom. The minimum absolute atomic E-state index is 0.169. The number of benzene rings is 1. The van der Waals surface area contributed by atoms with E-state index in [0.717, 1.165) is 48.1 Å². The SMILES string of the molecule is Cc1nc2n(n1)CCN(C(=O)c1nnc3n1CCCC3)CCCC(=O)N[C@H](Cc1c[nH]c3ccccc13)C(=O)N[C@H]2CC(C)C. The lowest BCUT2D eigenvalue weighted by Gasteiger charge is -2.27. The summed E-state index contributed by atoms with van der Waals surface area (Å²) in [7, 11) is 0. The van der Waals surface area contributed by atoms with Crippen LogP contribution in [0.5, 0.6) is 0 Å². The van der Waals surface area contributed by atoms with Gasteiger partial charge in [0.15, 0.2) is 0 Å². The van der Waals surface area contributed by atoms with Crippen LogP contribution in [0.3, 0.4) is 0 Å². The maximum absolute atomic E-state index is 13.9. The van der Waals surface area contributed by atoms with Crippen molar-refractivity contribution >= 4 is 28.6 Å². The van der Waals surface area contributed by atoms with E-state index in [2.05, 4.69) is 44.8 Å². The van der Waals surface area contributed by atoms with Gasteiger partial charge in [0.05, 0.1) is 12.6 Å². The van der Waals surface area contributed by atoms with E-state index in [1.165, 1.54) is 0 Å². The van der Waals surface area contributed by atoms with Gasteiger partial charge in [-0.2, -0.15) is 5.10 Å². The molecule has 5 heterocycles. The highest BCUT2D eigenvalue weighted by Crippen LogP contribution is 2.23. The largest absolute Gasteiger partial charge is 0.361 e. The first-order valence-electron chi connectivity index (χ1n) is 16.0. The van der Waals surface area contributed by atoms with Crippen LogP contribution in [0.1, 0.15) is 85.6 Å². The number of nitrogens with one attached hydrogen (secondary N) is 3. The van der Waals surface area contributed by atoms with Crippen LogP contribution >= 0.6 is 0 Å². The third kappa shape index (κ3) is 6.76. The Morgan fingerprint density at radius 3 is 2.67 bits per heavy atom. The molecule has 0 unspecified atom stereocenters. The molecule has 2 atom stereocenters. The summed E-state index contributed by atoms with van der Waals surface area (Å²) < 4.78 is 3.74. The third-order valence-electron chi connectivity index (χ3n) is 8.64. The summed E-state index contributed by atoms with van der Waals surface area (Å²) in [6, 6.07) is 6.68. The van der Waals surface area contributed by atoms with E-state index in [0.29, 0.717) is 56.4 Å². The van der Waals surface area contributed by atoms with E-state index >= 15 is 0 Å². The summed E-state index contributed by atoms with van der Waals surface area (Å²) in [5.41, 5.74) is 1.92. The van der Waals surface area contributed by atoms with Crippen LogP contribution in [0, 0.1) is 12.8 Å². The van der Waals surface area contributed by atoms with Gasteiger partial charge in [0, 0.05) is 56.0 Å². The van der Waals surface area contributed by atoms with E-state index in [-0.39, 0.29) is 30.1 Å². The number of carbonyl (C=O) groups excluding carboxylic acids is 3. The van der Waals surface area contributed by atoms with Crippen LogP contribution in [0.4, 0.5) is 0 Å². The first kappa shape index (κ1) is 30.5. The standard InChI is InChI=1S/C32H42N10O3/c1-20(2)17-25-29-34-21(3)39-42(29)16-15-40(32(45)30-38-37-27-11-6-7-14-41(27)30)13-8-12-28(43)35-26(31(44)36-25)18-22-19-33-24-10-5-4-9-23(22)24/h4-5,9-10,19-20,25-26,33H,6-8,11-18H2,1-3H3,(H,35,43)(H,36,44)/t25-,26+/m0/s1. The van der Waals surface area contributed by atoms with E-state index in [9.17, 15) is 14.4 Å². The fraction of sp³-hybridized carbons (Fsp3) is 0.531. The minimum atomic E-state index is -0.799. The number of nitrogens with zero attached hydrogens (tertiary/aromatic N) is 7. The Hall–Kier alpha value is -4.55. The molecule has 3 amide bonds. The number of H-pyrrole nitrogens is 1. The van der Waals surface area contributed by atoms with Crippen molar-refractivity contribution in [2.45, 2.75) is 90.9 Å². The molecule has 0 saturated carbocycles. The second-order valence-corrected chi connectivity index (χ2v) is 12.6. The molecule has 0 radical (unpaired) electrons. The highest BCUT2D eigenvalue weighted by molar-refractivity contribution is 5.91. The lowest BCUT2D eigenvalue weighted by Crippen LogP contribution is -2.49. The third-order valence-corrected chi connectivity index (χ3v) is 8.64. The van der Waals surface area contributed by atoms with E-state index in [4.69, 9.17) is 4.98 Å². The highest BCUT2D eigenvalue weighted by atomic mass is 16.2. The number of aromatic amines is 1. The molecule has 3 N–H and O–H groups in total. The molecule has 0 aliphatic carbocycles. The number of amides is 3. The fourth-order valence-corrected chi connectivity index (χ4v) is 6.43. The number of aromatic nitrogens is 7. The Bertz CT molecular complexity index is 1680. The smallest absolute Gasteiger partial charge is 0.291 e. The van der Waals surface area contributed by atoms with Gasteiger partial charge in [-0.3, -0.25) is 14.4 Å². The Labute approximate surface area is 262 Å². The van der Waals surface area contributed by atoms with Crippen LogP contribution in [-0.2, 0) is 35.5 Å². The Morgan fingerprint density at radius 1 is 0.978 bits per heavy atom. The van der Waals surface area contributed by atoms with Gasteiger partial charge in [-0.1, -0.05) is 32.0 Å². The predicted octanol–water partition coefficient (Wildman–Crippen LogP) is 2.86. The summed E-state index contributed by atoms with van der Waals surface area (Å²) in [5, 5.41) is 20.4. The topological polar surface area (TPSA) is 156 Å². The number of rotatable bonds is 5. The second-order valence-electron chi connectivity index (χ2n) is 12.6. The molecule has 45 heavy (non-hydrogen) atoms. The molecule has 2 aliphatic heterocycles. The lowest BCUT2D eigenvalue weighted by molar-refractivity contribution is -0.129. The highest BCUT2D eigenvalue weighted by Gasteiger charge is 2.30. The minimum Gasteiger partial charge on any atom is -0.361 e. The summed E-state index contributed by atoms with van der Waals surface area (Å²) in [6.45, 7) is 7.83. The molecule has 6 rings (SSSR count). The second kappa shape index (κ2) is 13.2. The average Bonchev–Trinajstić information content (AvgIpc) is 3.74. The van der Waals surface area contributed by atoms with Gasteiger partial charge in [-0.15, -0.1) is 10.2 Å².